The lowest BCUT2D eigenvalue weighted by Crippen LogP contribution is -2.05. The fourth-order valence-electron chi connectivity index (χ4n) is 1.21. The fraction of sp³-hybridized carbons (Fsp3) is 0.222. The van der Waals surface area contributed by atoms with E-state index in [9.17, 15) is 18.0 Å². The van der Waals surface area contributed by atoms with Crippen LogP contribution >= 0.6 is 0 Å². The first-order chi connectivity index (χ1) is 7.95. The molecule has 0 radical (unpaired) electrons. The standard InChI is InChI=1S/C9H6F3N3O2/c10-9(11,12)8-15-14-7(17-8)4-5-1-2-13-6(16)3-5/h1-3H,4H2,(H,13,16). The molecule has 2 aromatic rings. The highest BCUT2D eigenvalue weighted by atomic mass is 19.4. The normalized spacial score (nSPS) is 11.7. The lowest BCUT2D eigenvalue weighted by atomic mass is 10.2. The number of hydrogen-bond donors (Lipinski definition) is 1. The van der Waals surface area contributed by atoms with E-state index in [-0.39, 0.29) is 17.9 Å². The number of rotatable bonds is 2. The summed E-state index contributed by atoms with van der Waals surface area (Å²) in [5.74, 6) is -1.58. The van der Waals surface area contributed by atoms with Crippen molar-refractivity contribution in [2.75, 3.05) is 0 Å². The molecule has 5 nitrogen and oxygen atoms in total. The Hall–Kier alpha value is -2.12. The van der Waals surface area contributed by atoms with Crippen LogP contribution in [0.4, 0.5) is 13.2 Å². The van der Waals surface area contributed by atoms with Gasteiger partial charge >= 0.3 is 12.1 Å². The maximum absolute atomic E-state index is 12.2. The topological polar surface area (TPSA) is 71.8 Å². The molecule has 2 aromatic heterocycles. The van der Waals surface area contributed by atoms with Crippen LogP contribution in [0.25, 0.3) is 0 Å². The summed E-state index contributed by atoms with van der Waals surface area (Å²) in [6.45, 7) is 0. The van der Waals surface area contributed by atoms with Crippen LogP contribution in [0.15, 0.2) is 27.5 Å². The van der Waals surface area contributed by atoms with Gasteiger partial charge in [0, 0.05) is 12.3 Å². The van der Waals surface area contributed by atoms with Crippen LogP contribution in [0, 0.1) is 0 Å². The van der Waals surface area contributed by atoms with E-state index in [2.05, 4.69) is 19.6 Å². The molecule has 90 valence electrons. The summed E-state index contributed by atoms with van der Waals surface area (Å²) >= 11 is 0. The van der Waals surface area contributed by atoms with Gasteiger partial charge in [0.25, 0.3) is 0 Å². The van der Waals surface area contributed by atoms with Crippen molar-refractivity contribution in [3.63, 3.8) is 0 Å². The third kappa shape index (κ3) is 2.71. The van der Waals surface area contributed by atoms with Crippen LogP contribution in [0.5, 0.6) is 0 Å². The molecule has 0 bridgehead atoms. The van der Waals surface area contributed by atoms with Crippen molar-refractivity contribution in [1.29, 1.82) is 0 Å². The molecule has 0 aromatic carbocycles. The van der Waals surface area contributed by atoms with Crippen LogP contribution in [-0.2, 0) is 12.6 Å². The Kier molecular flexibility index (Phi) is 2.70. The smallest absolute Gasteiger partial charge is 0.417 e. The number of halogens is 3. The fourth-order valence-corrected chi connectivity index (χ4v) is 1.21. The summed E-state index contributed by atoms with van der Waals surface area (Å²) in [6, 6.07) is 2.79. The van der Waals surface area contributed by atoms with E-state index in [0.29, 0.717) is 5.56 Å². The molecule has 0 saturated heterocycles. The van der Waals surface area contributed by atoms with Gasteiger partial charge in [-0.2, -0.15) is 13.2 Å². The molecule has 0 aliphatic rings. The lowest BCUT2D eigenvalue weighted by Gasteiger charge is -1.97. The van der Waals surface area contributed by atoms with Crippen molar-refractivity contribution in [1.82, 2.24) is 15.2 Å². The van der Waals surface area contributed by atoms with Gasteiger partial charge in [0.15, 0.2) is 0 Å². The highest BCUT2D eigenvalue weighted by Crippen LogP contribution is 2.27. The van der Waals surface area contributed by atoms with Crippen LogP contribution < -0.4 is 5.56 Å². The molecule has 8 heteroatoms. The average Bonchev–Trinajstić information content (AvgIpc) is 2.65. The van der Waals surface area contributed by atoms with Gasteiger partial charge in [-0.3, -0.25) is 4.79 Å². The van der Waals surface area contributed by atoms with Crippen molar-refractivity contribution < 1.29 is 17.6 Å². The van der Waals surface area contributed by atoms with Crippen molar-refractivity contribution in [3.8, 4) is 0 Å². The average molecular weight is 245 g/mol. The van der Waals surface area contributed by atoms with Crippen LogP contribution in [0.2, 0.25) is 0 Å². The zero-order valence-electron chi connectivity index (χ0n) is 8.28. The molecule has 0 fully saturated rings. The van der Waals surface area contributed by atoms with Gasteiger partial charge < -0.3 is 9.40 Å². The number of aromatic amines is 1. The number of pyridine rings is 1. The third-order valence-electron chi connectivity index (χ3n) is 1.90. The summed E-state index contributed by atoms with van der Waals surface area (Å²) in [4.78, 5) is 13.3. The Bertz CT molecular complexity index is 573. The largest absolute Gasteiger partial charge is 0.470 e. The predicted octanol–water partition coefficient (Wildman–Crippen LogP) is 1.37. The Morgan fingerprint density at radius 1 is 1.35 bits per heavy atom. The number of nitrogens with one attached hydrogen (secondary N) is 1. The van der Waals surface area contributed by atoms with E-state index in [1.54, 1.807) is 6.07 Å². The van der Waals surface area contributed by atoms with Crippen LogP contribution in [0.1, 0.15) is 17.3 Å². The summed E-state index contributed by atoms with van der Waals surface area (Å²) in [7, 11) is 0. The van der Waals surface area contributed by atoms with E-state index in [1.165, 1.54) is 12.3 Å². The van der Waals surface area contributed by atoms with E-state index in [4.69, 9.17) is 0 Å². The number of H-pyrrole nitrogens is 1. The monoisotopic (exact) mass is 245 g/mol. The molecule has 0 amide bonds. The van der Waals surface area contributed by atoms with Gasteiger partial charge in [-0.1, -0.05) is 0 Å². The molecular formula is C9H6F3N3O2. The van der Waals surface area contributed by atoms with Gasteiger partial charge in [0.1, 0.15) is 0 Å². The highest BCUT2D eigenvalue weighted by molar-refractivity contribution is 5.14. The van der Waals surface area contributed by atoms with Crippen molar-refractivity contribution >= 4 is 0 Å². The van der Waals surface area contributed by atoms with Crippen LogP contribution in [0.3, 0.4) is 0 Å². The predicted molar refractivity (Wildman–Crippen MR) is 49.2 cm³/mol. The summed E-state index contributed by atoms with van der Waals surface area (Å²) in [5.41, 5.74) is 0.143. The number of alkyl halides is 3. The van der Waals surface area contributed by atoms with Crippen molar-refractivity contribution in [2.24, 2.45) is 0 Å². The van der Waals surface area contributed by atoms with Crippen LogP contribution in [-0.4, -0.2) is 15.2 Å². The summed E-state index contributed by atoms with van der Waals surface area (Å²) < 4.78 is 40.9. The first-order valence-corrected chi connectivity index (χ1v) is 4.52. The van der Waals surface area contributed by atoms with E-state index >= 15 is 0 Å². The summed E-state index contributed by atoms with van der Waals surface area (Å²) in [5, 5.41) is 6.14. The second-order valence-electron chi connectivity index (χ2n) is 3.24. The quantitative estimate of drug-likeness (QED) is 0.867. The first-order valence-electron chi connectivity index (χ1n) is 4.52. The Balaban J connectivity index is 2.20. The maximum Gasteiger partial charge on any atom is 0.470 e. The molecule has 0 spiro atoms. The molecule has 0 aliphatic heterocycles. The third-order valence-corrected chi connectivity index (χ3v) is 1.90. The second kappa shape index (κ2) is 4.04. The SMILES string of the molecule is O=c1cc(Cc2nnc(C(F)(F)F)o2)cc[nH]1. The minimum atomic E-state index is -4.65. The molecule has 0 unspecified atom stereocenters. The Morgan fingerprint density at radius 2 is 2.12 bits per heavy atom. The Morgan fingerprint density at radius 3 is 2.71 bits per heavy atom. The molecule has 2 heterocycles. The molecule has 0 aliphatic carbocycles. The van der Waals surface area contributed by atoms with Crippen molar-refractivity contribution in [3.05, 3.63) is 46.0 Å². The van der Waals surface area contributed by atoms with Gasteiger partial charge in [-0.05, 0) is 11.6 Å². The van der Waals surface area contributed by atoms with E-state index in [0.717, 1.165) is 0 Å². The van der Waals surface area contributed by atoms with Gasteiger partial charge in [-0.15, -0.1) is 10.2 Å². The van der Waals surface area contributed by atoms with Gasteiger partial charge in [0.2, 0.25) is 11.4 Å². The summed E-state index contributed by atoms with van der Waals surface area (Å²) in [6.07, 6.45) is -3.29. The van der Waals surface area contributed by atoms with E-state index < -0.39 is 12.1 Å². The molecule has 2 rings (SSSR count). The Labute approximate surface area is 92.3 Å². The van der Waals surface area contributed by atoms with E-state index in [1.807, 2.05) is 0 Å². The maximum atomic E-state index is 12.2. The molecule has 0 saturated carbocycles. The minimum Gasteiger partial charge on any atom is -0.417 e. The molecule has 0 atom stereocenters. The van der Waals surface area contributed by atoms with Gasteiger partial charge in [0.05, 0.1) is 6.42 Å². The second-order valence-corrected chi connectivity index (χ2v) is 3.24. The molecule has 17 heavy (non-hydrogen) atoms. The first kappa shape index (κ1) is 11.4. The minimum absolute atomic E-state index is 0.0208. The number of aromatic nitrogens is 3. The highest BCUT2D eigenvalue weighted by Gasteiger charge is 2.38. The molecule has 1 N–H and O–H groups in total. The zero-order valence-corrected chi connectivity index (χ0v) is 8.28. The van der Waals surface area contributed by atoms with Crippen molar-refractivity contribution in [2.45, 2.75) is 12.6 Å². The number of hydrogen-bond acceptors (Lipinski definition) is 4. The molecular weight excluding hydrogens is 239 g/mol. The lowest BCUT2D eigenvalue weighted by molar-refractivity contribution is -0.157. The van der Waals surface area contributed by atoms with Gasteiger partial charge in [-0.25, -0.2) is 0 Å². The zero-order chi connectivity index (χ0) is 12.5. The number of nitrogens with zero attached hydrogens (tertiary/aromatic N) is 2.